The molecular weight excluding hydrogens is 353 g/mol. The van der Waals surface area contributed by atoms with Crippen LogP contribution in [-0.4, -0.2) is 33.0 Å². The van der Waals surface area contributed by atoms with Crippen molar-refractivity contribution in [3.8, 4) is 0 Å². The second kappa shape index (κ2) is 8.51. The number of nitrogen functional groups attached to an aromatic ring is 1. The minimum atomic E-state index is 0.169. The first-order valence-electron chi connectivity index (χ1n) is 7.22. The molecule has 0 atom stereocenters. The van der Waals surface area contributed by atoms with Crippen molar-refractivity contribution in [1.82, 2.24) is 19.9 Å². The van der Waals surface area contributed by atoms with Crippen molar-refractivity contribution < 1.29 is 4.42 Å². The minimum Gasteiger partial charge on any atom is -0.424 e. The van der Waals surface area contributed by atoms with Gasteiger partial charge in [-0.25, -0.2) is 0 Å². The van der Waals surface area contributed by atoms with E-state index in [-0.39, 0.29) is 11.3 Å². The highest BCUT2D eigenvalue weighted by Gasteiger charge is 2.02. The predicted molar refractivity (Wildman–Crippen MR) is 96.6 cm³/mol. The van der Waals surface area contributed by atoms with Crippen molar-refractivity contribution in [3.05, 3.63) is 28.5 Å². The van der Waals surface area contributed by atoms with Gasteiger partial charge >= 0.3 is 0 Å². The molecule has 0 radical (unpaired) electrons. The van der Waals surface area contributed by atoms with E-state index in [1.165, 1.54) is 0 Å². The number of oxazole rings is 1. The molecule has 0 saturated heterocycles. The molecule has 2 heterocycles. The van der Waals surface area contributed by atoms with Gasteiger partial charge in [0.25, 0.3) is 6.01 Å². The summed E-state index contributed by atoms with van der Waals surface area (Å²) in [5.74, 6) is 0.997. The summed E-state index contributed by atoms with van der Waals surface area (Å²) in [5.41, 5.74) is 6.67. The summed E-state index contributed by atoms with van der Waals surface area (Å²) in [6.45, 7) is 5.44. The fraction of sp³-hybridized carbons (Fsp3) is 0.286. The molecule has 0 saturated carbocycles. The molecule has 3 rings (SSSR count). The van der Waals surface area contributed by atoms with Crippen LogP contribution in [0.2, 0.25) is 10.3 Å². The number of anilines is 3. The zero-order valence-electron chi connectivity index (χ0n) is 13.2. The number of rotatable bonds is 4. The van der Waals surface area contributed by atoms with Crippen LogP contribution in [0.3, 0.4) is 0 Å². The number of aromatic nitrogens is 4. The van der Waals surface area contributed by atoms with Crippen LogP contribution >= 0.6 is 23.2 Å². The second-order valence-electron chi connectivity index (χ2n) is 4.48. The van der Waals surface area contributed by atoms with Gasteiger partial charge in [-0.15, -0.1) is 0 Å². The zero-order chi connectivity index (χ0) is 17.5. The normalized spacial score (nSPS) is 10.2. The van der Waals surface area contributed by atoms with E-state index in [2.05, 4.69) is 30.6 Å². The molecule has 0 amide bonds. The summed E-state index contributed by atoms with van der Waals surface area (Å²) in [6, 6.07) is 5.34. The Morgan fingerprint density at radius 1 is 1.00 bits per heavy atom. The van der Waals surface area contributed by atoms with Gasteiger partial charge in [-0.3, -0.25) is 0 Å². The van der Waals surface area contributed by atoms with Gasteiger partial charge in [0.1, 0.15) is 5.52 Å². The lowest BCUT2D eigenvalue weighted by molar-refractivity contribution is 0.626. The Bertz CT molecular complexity index is 785. The Hall–Kier alpha value is -2.32. The molecule has 0 unspecified atom stereocenters. The molecule has 0 aliphatic rings. The van der Waals surface area contributed by atoms with Gasteiger partial charge in [0.2, 0.25) is 17.2 Å². The smallest absolute Gasteiger partial charge is 0.292 e. The number of nitrogens with zero attached hydrogens (tertiary/aromatic N) is 4. The van der Waals surface area contributed by atoms with Gasteiger partial charge in [-0.1, -0.05) is 11.6 Å². The average Bonchev–Trinajstić information content (AvgIpc) is 2.87. The van der Waals surface area contributed by atoms with Crippen LogP contribution in [0, 0.1) is 0 Å². The number of fused-ring (bicyclic) bond motifs is 1. The lowest BCUT2D eigenvalue weighted by Gasteiger charge is -2.04. The summed E-state index contributed by atoms with van der Waals surface area (Å²) in [4.78, 5) is 15.8. The summed E-state index contributed by atoms with van der Waals surface area (Å²) in [7, 11) is 0. The number of hydrogen-bond donors (Lipinski definition) is 3. The Morgan fingerprint density at radius 2 is 1.62 bits per heavy atom. The topological polar surface area (TPSA) is 115 Å². The number of nitrogens with two attached hydrogens (primary N) is 1. The summed E-state index contributed by atoms with van der Waals surface area (Å²) >= 11 is 11.4. The fourth-order valence-electron chi connectivity index (χ4n) is 1.74. The van der Waals surface area contributed by atoms with Gasteiger partial charge < -0.3 is 20.8 Å². The van der Waals surface area contributed by atoms with E-state index in [4.69, 9.17) is 33.4 Å². The number of benzene rings is 1. The zero-order valence-corrected chi connectivity index (χ0v) is 14.7. The fourth-order valence-corrected chi connectivity index (χ4v) is 2.07. The molecular formula is C14H17Cl2N7O. The molecule has 0 bridgehead atoms. The third kappa shape index (κ3) is 5.10. The maximum atomic E-state index is 5.71. The number of hydrogen-bond acceptors (Lipinski definition) is 8. The summed E-state index contributed by atoms with van der Waals surface area (Å²) in [5, 5.41) is 6.75. The third-order valence-corrected chi connectivity index (χ3v) is 3.05. The maximum Gasteiger partial charge on any atom is 0.292 e. The van der Waals surface area contributed by atoms with E-state index in [0.717, 1.165) is 13.1 Å². The van der Waals surface area contributed by atoms with Crippen LogP contribution in [-0.2, 0) is 0 Å². The molecule has 24 heavy (non-hydrogen) atoms. The lowest BCUT2D eigenvalue weighted by Crippen LogP contribution is -2.08. The SMILES string of the molecule is CCNc1nc(Cl)nc(NCC)n1.Nc1nc2cc(Cl)ccc2o1. The van der Waals surface area contributed by atoms with Crippen LogP contribution in [0.4, 0.5) is 17.9 Å². The first-order valence-corrected chi connectivity index (χ1v) is 7.98. The van der Waals surface area contributed by atoms with Gasteiger partial charge in [0.15, 0.2) is 5.58 Å². The van der Waals surface area contributed by atoms with E-state index >= 15 is 0 Å². The molecule has 1 aromatic carbocycles. The Labute approximate surface area is 148 Å². The first kappa shape index (κ1) is 18.0. The summed E-state index contributed by atoms with van der Waals surface area (Å²) < 4.78 is 5.03. The molecule has 0 aliphatic heterocycles. The second-order valence-corrected chi connectivity index (χ2v) is 5.25. The average molecular weight is 370 g/mol. The predicted octanol–water partition coefficient (Wildman–Crippen LogP) is 3.45. The molecule has 10 heteroatoms. The first-order chi connectivity index (χ1) is 11.5. The van der Waals surface area contributed by atoms with Crippen molar-refractivity contribution in [2.75, 3.05) is 29.5 Å². The minimum absolute atomic E-state index is 0.169. The highest BCUT2D eigenvalue weighted by molar-refractivity contribution is 6.31. The van der Waals surface area contributed by atoms with Crippen LogP contribution in [0.5, 0.6) is 0 Å². The highest BCUT2D eigenvalue weighted by Crippen LogP contribution is 2.20. The van der Waals surface area contributed by atoms with Crippen molar-refractivity contribution in [1.29, 1.82) is 0 Å². The number of nitrogens with one attached hydrogen (secondary N) is 2. The monoisotopic (exact) mass is 369 g/mol. The van der Waals surface area contributed by atoms with E-state index < -0.39 is 0 Å². The van der Waals surface area contributed by atoms with E-state index in [9.17, 15) is 0 Å². The van der Waals surface area contributed by atoms with Crippen molar-refractivity contribution in [2.24, 2.45) is 0 Å². The molecule has 3 aromatic rings. The van der Waals surface area contributed by atoms with E-state index in [1.54, 1.807) is 18.2 Å². The van der Waals surface area contributed by atoms with Gasteiger partial charge in [0, 0.05) is 18.1 Å². The van der Waals surface area contributed by atoms with Crippen molar-refractivity contribution in [2.45, 2.75) is 13.8 Å². The summed E-state index contributed by atoms with van der Waals surface area (Å²) in [6.07, 6.45) is 0. The van der Waals surface area contributed by atoms with Crippen LogP contribution in [0.25, 0.3) is 11.1 Å². The lowest BCUT2D eigenvalue weighted by atomic mass is 10.3. The molecule has 128 valence electrons. The van der Waals surface area contributed by atoms with Gasteiger partial charge in [-0.05, 0) is 43.6 Å². The Morgan fingerprint density at radius 3 is 2.21 bits per heavy atom. The molecule has 0 spiro atoms. The Balaban J connectivity index is 0.000000175. The molecule has 8 nitrogen and oxygen atoms in total. The van der Waals surface area contributed by atoms with Crippen LogP contribution < -0.4 is 16.4 Å². The van der Waals surface area contributed by atoms with Crippen LogP contribution in [0.15, 0.2) is 22.6 Å². The maximum absolute atomic E-state index is 5.71. The van der Waals surface area contributed by atoms with Crippen molar-refractivity contribution in [3.63, 3.8) is 0 Å². The van der Waals surface area contributed by atoms with Crippen molar-refractivity contribution >= 4 is 52.2 Å². The van der Waals surface area contributed by atoms with E-state index in [1.807, 2.05) is 13.8 Å². The molecule has 2 aromatic heterocycles. The van der Waals surface area contributed by atoms with E-state index in [0.29, 0.717) is 28.0 Å². The molecule has 4 N–H and O–H groups in total. The highest BCUT2D eigenvalue weighted by atomic mass is 35.5. The van der Waals surface area contributed by atoms with Gasteiger partial charge in [-0.2, -0.15) is 19.9 Å². The Kier molecular flexibility index (Phi) is 6.39. The largest absolute Gasteiger partial charge is 0.424 e. The third-order valence-electron chi connectivity index (χ3n) is 2.64. The molecule has 0 aliphatic carbocycles. The number of halogens is 2. The van der Waals surface area contributed by atoms with Crippen LogP contribution in [0.1, 0.15) is 13.8 Å². The molecule has 0 fully saturated rings. The van der Waals surface area contributed by atoms with Gasteiger partial charge in [0.05, 0.1) is 0 Å². The quantitative estimate of drug-likeness (QED) is 0.640. The standard InChI is InChI=1S/C7H12ClN5.C7H5ClN2O/c1-3-9-6-11-5(8)12-7(13-6)10-4-2;8-4-1-2-6-5(3-4)10-7(9)11-6/h3-4H2,1-2H3,(H2,9,10,11,12,13);1-3H,(H2,9,10).